The molecule has 4 rings (SSSR count). The average Bonchev–Trinajstić information content (AvgIpc) is 3.42. The zero-order valence-corrected chi connectivity index (χ0v) is 21.8. The Balaban J connectivity index is 1.25. The Hall–Kier alpha value is -3.93. The van der Waals surface area contributed by atoms with E-state index in [1.54, 1.807) is 41.7 Å². The van der Waals surface area contributed by atoms with Gasteiger partial charge in [-0.05, 0) is 49.2 Å². The summed E-state index contributed by atoms with van der Waals surface area (Å²) in [6.07, 6.45) is -3.23. The molecule has 1 aliphatic rings. The van der Waals surface area contributed by atoms with E-state index in [1.807, 2.05) is 0 Å². The van der Waals surface area contributed by atoms with Gasteiger partial charge in [0.1, 0.15) is 17.2 Å². The van der Waals surface area contributed by atoms with Crippen molar-refractivity contribution < 1.29 is 37.0 Å². The molecule has 2 amide bonds. The average molecular weight is 562 g/mol. The Kier molecular flexibility index (Phi) is 8.85. The maximum absolute atomic E-state index is 12.7. The second kappa shape index (κ2) is 12.3. The smallest absolute Gasteiger partial charge is 0.497 e. The zero-order valence-electron chi connectivity index (χ0n) is 21.0. The topological polar surface area (TPSA) is 97.8 Å². The molecule has 12 heteroatoms. The number of anilines is 1. The van der Waals surface area contributed by atoms with E-state index < -0.39 is 18.0 Å². The predicted octanol–water partition coefficient (Wildman–Crippen LogP) is 5.67. The summed E-state index contributed by atoms with van der Waals surface area (Å²) in [5.74, 6) is -0.435. The lowest BCUT2D eigenvalue weighted by Crippen LogP contribution is -2.38. The fourth-order valence-corrected chi connectivity index (χ4v) is 5.19. The van der Waals surface area contributed by atoms with Crippen LogP contribution in [0.3, 0.4) is 0 Å². The number of aromatic nitrogens is 1. The van der Waals surface area contributed by atoms with Crippen LogP contribution < -0.4 is 14.8 Å². The third-order valence-corrected chi connectivity index (χ3v) is 7.26. The number of carbonyl (C=O) groups is 3. The van der Waals surface area contributed by atoms with Crippen LogP contribution in [0.1, 0.15) is 57.5 Å². The van der Waals surface area contributed by atoms with Crippen molar-refractivity contribution in [2.75, 3.05) is 25.5 Å². The van der Waals surface area contributed by atoms with Gasteiger partial charge in [0.2, 0.25) is 5.91 Å². The minimum atomic E-state index is -4.83. The lowest BCUT2D eigenvalue weighted by molar-refractivity contribution is -0.274. The molecule has 2 heterocycles. The lowest BCUT2D eigenvalue weighted by Gasteiger charge is -2.31. The second-order valence-corrected chi connectivity index (χ2v) is 9.80. The molecule has 39 heavy (non-hydrogen) atoms. The molecule has 0 saturated carbocycles. The molecule has 3 aromatic rings. The van der Waals surface area contributed by atoms with E-state index in [2.05, 4.69) is 15.0 Å². The molecule has 1 N–H and O–H groups in total. The number of hydrogen-bond acceptors (Lipinski definition) is 7. The summed E-state index contributed by atoms with van der Waals surface area (Å²) in [6.45, 7) is 1.04. The van der Waals surface area contributed by atoms with Crippen molar-refractivity contribution in [3.05, 3.63) is 70.2 Å². The summed E-state index contributed by atoms with van der Waals surface area (Å²) in [4.78, 5) is 43.8. The van der Waals surface area contributed by atoms with Crippen LogP contribution in [0.15, 0.2) is 53.9 Å². The van der Waals surface area contributed by atoms with E-state index >= 15 is 0 Å². The van der Waals surface area contributed by atoms with Crippen LogP contribution in [-0.2, 0) is 4.79 Å². The van der Waals surface area contributed by atoms with E-state index in [4.69, 9.17) is 4.74 Å². The molecule has 1 aromatic heterocycles. The lowest BCUT2D eigenvalue weighted by atomic mass is 9.97. The number of amides is 2. The van der Waals surface area contributed by atoms with E-state index in [1.165, 1.54) is 23.5 Å². The summed E-state index contributed by atoms with van der Waals surface area (Å²) in [5, 5.41) is 4.89. The number of carbonyl (C=O) groups excluding carboxylic acids is 3. The molecule has 0 aliphatic carbocycles. The highest BCUT2D eigenvalue weighted by Crippen LogP contribution is 2.31. The number of thiazole rings is 1. The quantitative estimate of drug-likeness (QED) is 0.338. The van der Waals surface area contributed by atoms with Crippen LogP contribution >= 0.6 is 11.3 Å². The number of halogens is 3. The minimum Gasteiger partial charge on any atom is -0.497 e. The standard InChI is InChI=1S/C27H26F3N3O5S/c1-37-20-7-5-17(6-8-20)23(34)9-10-24(35)33-13-11-18(12-14-33)26-32-22(16-39-26)25(36)31-19-3-2-4-21(15-19)38-27(28,29)30/h2-8,15-16,18H,9-14H2,1H3,(H,31,36). The summed E-state index contributed by atoms with van der Waals surface area (Å²) in [7, 11) is 1.55. The van der Waals surface area contributed by atoms with E-state index in [0.29, 0.717) is 37.2 Å². The van der Waals surface area contributed by atoms with Crippen LogP contribution in [0.4, 0.5) is 18.9 Å². The zero-order chi connectivity index (χ0) is 28.0. The number of likely N-dealkylation sites (tertiary alicyclic amines) is 1. The van der Waals surface area contributed by atoms with Gasteiger partial charge in [0.05, 0.1) is 12.1 Å². The first-order chi connectivity index (χ1) is 18.6. The van der Waals surface area contributed by atoms with Gasteiger partial charge < -0.3 is 19.7 Å². The van der Waals surface area contributed by atoms with Crippen molar-refractivity contribution in [3.63, 3.8) is 0 Å². The second-order valence-electron chi connectivity index (χ2n) is 8.91. The van der Waals surface area contributed by atoms with Gasteiger partial charge in [-0.2, -0.15) is 0 Å². The Morgan fingerprint density at radius 2 is 1.77 bits per heavy atom. The number of nitrogens with zero attached hydrogens (tertiary/aromatic N) is 2. The number of alkyl halides is 3. The van der Waals surface area contributed by atoms with E-state index in [-0.39, 0.29) is 41.8 Å². The van der Waals surface area contributed by atoms with Crippen molar-refractivity contribution in [3.8, 4) is 11.5 Å². The van der Waals surface area contributed by atoms with Gasteiger partial charge in [-0.1, -0.05) is 6.07 Å². The molecule has 0 radical (unpaired) electrons. The maximum Gasteiger partial charge on any atom is 0.573 e. The van der Waals surface area contributed by atoms with Crippen LogP contribution in [0.25, 0.3) is 0 Å². The molecule has 0 spiro atoms. The number of hydrogen-bond donors (Lipinski definition) is 1. The number of ketones is 1. The highest BCUT2D eigenvalue weighted by Gasteiger charge is 2.31. The van der Waals surface area contributed by atoms with Crippen molar-refractivity contribution in [2.45, 2.75) is 38.0 Å². The largest absolute Gasteiger partial charge is 0.573 e. The number of benzene rings is 2. The molecule has 2 aromatic carbocycles. The van der Waals surface area contributed by atoms with Gasteiger partial charge in [0.15, 0.2) is 5.78 Å². The van der Waals surface area contributed by atoms with Crippen molar-refractivity contribution in [1.82, 2.24) is 9.88 Å². The molecular formula is C27H26F3N3O5S. The number of ether oxygens (including phenoxy) is 2. The minimum absolute atomic E-state index is 0.0741. The number of Topliss-reactive ketones (excluding diaryl/α,β-unsaturated/α-hetero) is 1. The van der Waals surface area contributed by atoms with Crippen LogP contribution in [0.2, 0.25) is 0 Å². The number of nitrogens with one attached hydrogen (secondary N) is 1. The van der Waals surface area contributed by atoms with Gasteiger partial charge >= 0.3 is 6.36 Å². The van der Waals surface area contributed by atoms with Crippen molar-refractivity contribution >= 4 is 34.6 Å². The normalized spacial score (nSPS) is 14.1. The van der Waals surface area contributed by atoms with E-state index in [0.717, 1.165) is 17.1 Å². The Morgan fingerprint density at radius 1 is 1.05 bits per heavy atom. The monoisotopic (exact) mass is 561 g/mol. The fraction of sp³-hybridized carbons (Fsp3) is 0.333. The summed E-state index contributed by atoms with van der Waals surface area (Å²) in [5.41, 5.74) is 0.842. The Bertz CT molecular complexity index is 1320. The van der Waals surface area contributed by atoms with Crippen molar-refractivity contribution in [2.24, 2.45) is 0 Å². The van der Waals surface area contributed by atoms with Gasteiger partial charge in [-0.15, -0.1) is 24.5 Å². The molecule has 1 aliphatic heterocycles. The molecule has 1 fully saturated rings. The first kappa shape index (κ1) is 28.1. The Morgan fingerprint density at radius 3 is 2.44 bits per heavy atom. The van der Waals surface area contributed by atoms with Crippen LogP contribution in [0.5, 0.6) is 11.5 Å². The number of piperidine rings is 1. The first-order valence-electron chi connectivity index (χ1n) is 12.2. The van der Waals surface area contributed by atoms with Crippen LogP contribution in [0, 0.1) is 0 Å². The van der Waals surface area contributed by atoms with Gasteiger partial charge in [0.25, 0.3) is 5.91 Å². The highest BCUT2D eigenvalue weighted by atomic mass is 32.1. The number of rotatable bonds is 9. The van der Waals surface area contributed by atoms with Gasteiger partial charge in [-0.3, -0.25) is 14.4 Å². The fourth-order valence-electron chi connectivity index (χ4n) is 4.22. The molecule has 0 bridgehead atoms. The van der Waals surface area contributed by atoms with E-state index in [9.17, 15) is 27.6 Å². The predicted molar refractivity (Wildman–Crippen MR) is 138 cm³/mol. The summed E-state index contributed by atoms with van der Waals surface area (Å²) in [6, 6.07) is 11.8. The highest BCUT2D eigenvalue weighted by molar-refractivity contribution is 7.10. The molecule has 206 valence electrons. The van der Waals surface area contributed by atoms with Gasteiger partial charge in [0, 0.05) is 54.5 Å². The molecule has 0 atom stereocenters. The summed E-state index contributed by atoms with van der Waals surface area (Å²) >= 11 is 1.33. The first-order valence-corrected chi connectivity index (χ1v) is 13.1. The van der Waals surface area contributed by atoms with Crippen molar-refractivity contribution in [1.29, 1.82) is 0 Å². The molecule has 8 nitrogen and oxygen atoms in total. The van der Waals surface area contributed by atoms with Gasteiger partial charge in [-0.25, -0.2) is 4.98 Å². The molecule has 1 saturated heterocycles. The third-order valence-electron chi connectivity index (χ3n) is 6.25. The molecular weight excluding hydrogens is 535 g/mol. The maximum atomic E-state index is 12.7. The SMILES string of the molecule is COc1ccc(C(=O)CCC(=O)N2CCC(c3nc(C(=O)Nc4cccc(OC(F)(F)F)c4)cs3)CC2)cc1. The number of methoxy groups -OCH3 is 1. The van der Waals surface area contributed by atoms with Crippen LogP contribution in [-0.4, -0.2) is 54.0 Å². The summed E-state index contributed by atoms with van der Waals surface area (Å²) < 4.78 is 46.3. The molecule has 0 unspecified atom stereocenters. The Labute approximate surface area is 226 Å². The third kappa shape index (κ3) is 7.79.